The Bertz CT molecular complexity index is 771. The second kappa shape index (κ2) is 9.60. The van der Waals surface area contributed by atoms with Gasteiger partial charge in [0.15, 0.2) is 0 Å². The molecule has 1 aliphatic heterocycles. The average molecular weight is 383 g/mol. The molecule has 1 unspecified atom stereocenters. The topological polar surface area (TPSA) is 50.8 Å². The Morgan fingerprint density at radius 3 is 2.46 bits per heavy atom. The SMILES string of the molecule is COc1ccc(NC(=O)C(C)N2CCC(Cc3ccccc3)CC2)c(OC)c1. The van der Waals surface area contributed by atoms with Crippen molar-refractivity contribution < 1.29 is 14.3 Å². The van der Waals surface area contributed by atoms with Crippen LogP contribution in [0, 0.1) is 5.92 Å². The smallest absolute Gasteiger partial charge is 0.241 e. The van der Waals surface area contributed by atoms with Crippen molar-refractivity contribution in [1.82, 2.24) is 4.90 Å². The molecule has 0 aromatic heterocycles. The molecule has 2 aromatic rings. The van der Waals surface area contributed by atoms with Crippen molar-refractivity contribution in [2.45, 2.75) is 32.2 Å². The Kier molecular flexibility index (Phi) is 6.93. The molecule has 1 saturated heterocycles. The molecule has 1 aliphatic rings. The zero-order valence-corrected chi connectivity index (χ0v) is 17.0. The van der Waals surface area contributed by atoms with E-state index in [2.05, 4.69) is 40.5 Å². The first-order valence-electron chi connectivity index (χ1n) is 9.91. The first-order chi connectivity index (χ1) is 13.6. The van der Waals surface area contributed by atoms with E-state index in [4.69, 9.17) is 9.47 Å². The molecule has 1 atom stereocenters. The van der Waals surface area contributed by atoms with E-state index in [9.17, 15) is 4.79 Å². The Balaban J connectivity index is 1.53. The molecule has 1 N–H and O–H groups in total. The van der Waals surface area contributed by atoms with Gasteiger partial charge in [-0.1, -0.05) is 30.3 Å². The summed E-state index contributed by atoms with van der Waals surface area (Å²) in [5.74, 6) is 1.98. The first kappa shape index (κ1) is 20.2. The van der Waals surface area contributed by atoms with Gasteiger partial charge >= 0.3 is 0 Å². The fourth-order valence-corrected chi connectivity index (χ4v) is 3.80. The lowest BCUT2D eigenvalue weighted by atomic mass is 9.89. The van der Waals surface area contributed by atoms with E-state index in [0.717, 1.165) is 32.4 Å². The quantitative estimate of drug-likeness (QED) is 0.787. The lowest BCUT2D eigenvalue weighted by Gasteiger charge is -2.35. The van der Waals surface area contributed by atoms with Crippen molar-refractivity contribution in [1.29, 1.82) is 0 Å². The van der Waals surface area contributed by atoms with Crippen LogP contribution in [0.3, 0.4) is 0 Å². The normalized spacial score (nSPS) is 16.4. The van der Waals surface area contributed by atoms with Gasteiger partial charge in [0, 0.05) is 6.07 Å². The van der Waals surface area contributed by atoms with Crippen molar-refractivity contribution in [3.63, 3.8) is 0 Å². The Hall–Kier alpha value is -2.53. The third kappa shape index (κ3) is 5.04. The zero-order chi connectivity index (χ0) is 19.9. The number of nitrogens with one attached hydrogen (secondary N) is 1. The third-order valence-corrected chi connectivity index (χ3v) is 5.61. The molecule has 5 heteroatoms. The number of carbonyl (C=O) groups excluding carboxylic acids is 1. The van der Waals surface area contributed by atoms with E-state index in [1.807, 2.05) is 19.1 Å². The van der Waals surface area contributed by atoms with Gasteiger partial charge in [-0.25, -0.2) is 0 Å². The maximum absolute atomic E-state index is 12.8. The van der Waals surface area contributed by atoms with Gasteiger partial charge in [0.2, 0.25) is 5.91 Å². The van der Waals surface area contributed by atoms with Crippen LogP contribution in [0.4, 0.5) is 5.69 Å². The van der Waals surface area contributed by atoms with E-state index in [0.29, 0.717) is 23.1 Å². The first-order valence-corrected chi connectivity index (χ1v) is 9.91. The molecule has 0 radical (unpaired) electrons. The lowest BCUT2D eigenvalue weighted by molar-refractivity contribution is -0.121. The molecule has 0 aliphatic carbocycles. The molecular weight excluding hydrogens is 352 g/mol. The minimum atomic E-state index is -0.176. The van der Waals surface area contributed by atoms with Crippen LogP contribution in [0.2, 0.25) is 0 Å². The number of carbonyl (C=O) groups is 1. The number of likely N-dealkylation sites (tertiary alicyclic amines) is 1. The highest BCUT2D eigenvalue weighted by Gasteiger charge is 2.27. The number of nitrogens with zero attached hydrogens (tertiary/aromatic N) is 1. The summed E-state index contributed by atoms with van der Waals surface area (Å²) in [5, 5.41) is 3.00. The summed E-state index contributed by atoms with van der Waals surface area (Å²) in [5.41, 5.74) is 2.07. The highest BCUT2D eigenvalue weighted by atomic mass is 16.5. The van der Waals surface area contributed by atoms with Gasteiger partial charge in [-0.15, -0.1) is 0 Å². The van der Waals surface area contributed by atoms with Gasteiger partial charge in [-0.05, 0) is 62.9 Å². The summed E-state index contributed by atoms with van der Waals surface area (Å²) in [6.07, 6.45) is 3.37. The highest BCUT2D eigenvalue weighted by Crippen LogP contribution is 2.29. The van der Waals surface area contributed by atoms with Crippen LogP contribution >= 0.6 is 0 Å². The maximum atomic E-state index is 12.8. The molecule has 1 fully saturated rings. The molecule has 0 bridgehead atoms. The molecular formula is C23H30N2O3. The number of anilines is 1. The van der Waals surface area contributed by atoms with Gasteiger partial charge in [0.25, 0.3) is 0 Å². The summed E-state index contributed by atoms with van der Waals surface area (Å²) < 4.78 is 10.6. The predicted molar refractivity (Wildman–Crippen MR) is 112 cm³/mol. The van der Waals surface area contributed by atoms with Crippen LogP contribution in [0.1, 0.15) is 25.3 Å². The van der Waals surface area contributed by atoms with Crippen molar-refractivity contribution >= 4 is 11.6 Å². The van der Waals surface area contributed by atoms with Crippen LogP contribution in [-0.4, -0.2) is 44.2 Å². The second-order valence-corrected chi connectivity index (χ2v) is 7.40. The van der Waals surface area contributed by atoms with Gasteiger partial charge in [0.05, 0.1) is 25.9 Å². The van der Waals surface area contributed by atoms with Crippen molar-refractivity contribution in [2.24, 2.45) is 5.92 Å². The second-order valence-electron chi connectivity index (χ2n) is 7.40. The predicted octanol–water partition coefficient (Wildman–Crippen LogP) is 3.99. The van der Waals surface area contributed by atoms with E-state index in [-0.39, 0.29) is 11.9 Å². The summed E-state index contributed by atoms with van der Waals surface area (Å²) in [6.45, 7) is 3.88. The Labute approximate surface area is 167 Å². The molecule has 5 nitrogen and oxygen atoms in total. The number of amides is 1. The number of piperidine rings is 1. The van der Waals surface area contributed by atoms with Gasteiger partial charge < -0.3 is 14.8 Å². The molecule has 1 heterocycles. The van der Waals surface area contributed by atoms with Gasteiger partial charge in [-0.2, -0.15) is 0 Å². The summed E-state index contributed by atoms with van der Waals surface area (Å²) >= 11 is 0. The van der Waals surface area contributed by atoms with Gasteiger partial charge in [0.1, 0.15) is 11.5 Å². The maximum Gasteiger partial charge on any atom is 0.241 e. The average Bonchev–Trinajstić information content (AvgIpc) is 2.74. The van der Waals surface area contributed by atoms with Crippen LogP contribution < -0.4 is 14.8 Å². The van der Waals surface area contributed by atoms with E-state index in [1.165, 1.54) is 5.56 Å². The largest absolute Gasteiger partial charge is 0.497 e. The molecule has 28 heavy (non-hydrogen) atoms. The van der Waals surface area contributed by atoms with Crippen molar-refractivity contribution in [2.75, 3.05) is 32.6 Å². The summed E-state index contributed by atoms with van der Waals surface area (Å²) in [4.78, 5) is 15.0. The van der Waals surface area contributed by atoms with E-state index >= 15 is 0 Å². The van der Waals surface area contributed by atoms with Crippen LogP contribution in [-0.2, 0) is 11.2 Å². The number of ether oxygens (including phenoxy) is 2. The number of hydrogen-bond donors (Lipinski definition) is 1. The minimum Gasteiger partial charge on any atom is -0.497 e. The number of benzene rings is 2. The third-order valence-electron chi connectivity index (χ3n) is 5.61. The fourth-order valence-electron chi connectivity index (χ4n) is 3.80. The molecule has 3 rings (SSSR count). The number of rotatable bonds is 7. The van der Waals surface area contributed by atoms with Crippen molar-refractivity contribution in [3.05, 3.63) is 54.1 Å². The molecule has 1 amide bonds. The molecule has 150 valence electrons. The van der Waals surface area contributed by atoms with Crippen LogP contribution in [0.15, 0.2) is 48.5 Å². The number of hydrogen-bond acceptors (Lipinski definition) is 4. The fraction of sp³-hybridized carbons (Fsp3) is 0.435. The standard InChI is InChI=1S/C23H30N2O3/c1-17(23(26)24-21-10-9-20(27-2)16-22(21)28-3)25-13-11-19(12-14-25)15-18-7-5-4-6-8-18/h4-10,16-17,19H,11-15H2,1-3H3,(H,24,26). The highest BCUT2D eigenvalue weighted by molar-refractivity contribution is 5.96. The molecule has 0 saturated carbocycles. The summed E-state index contributed by atoms with van der Waals surface area (Å²) in [7, 11) is 3.20. The van der Waals surface area contributed by atoms with E-state index < -0.39 is 0 Å². The van der Waals surface area contributed by atoms with E-state index in [1.54, 1.807) is 20.3 Å². The Morgan fingerprint density at radius 1 is 1.11 bits per heavy atom. The zero-order valence-electron chi connectivity index (χ0n) is 17.0. The molecule has 0 spiro atoms. The number of methoxy groups -OCH3 is 2. The van der Waals surface area contributed by atoms with Crippen LogP contribution in [0.5, 0.6) is 11.5 Å². The van der Waals surface area contributed by atoms with Gasteiger partial charge in [-0.3, -0.25) is 9.69 Å². The molecule has 2 aromatic carbocycles. The Morgan fingerprint density at radius 2 is 1.82 bits per heavy atom. The van der Waals surface area contributed by atoms with Crippen molar-refractivity contribution in [3.8, 4) is 11.5 Å². The van der Waals surface area contributed by atoms with Crippen LogP contribution in [0.25, 0.3) is 0 Å². The minimum absolute atomic E-state index is 0.00928. The monoisotopic (exact) mass is 382 g/mol. The lowest BCUT2D eigenvalue weighted by Crippen LogP contribution is -2.46. The summed E-state index contributed by atoms with van der Waals surface area (Å²) in [6, 6.07) is 15.9.